The summed E-state index contributed by atoms with van der Waals surface area (Å²) in [6.07, 6.45) is 7.91. The molecule has 1 aliphatic heterocycles. The summed E-state index contributed by atoms with van der Waals surface area (Å²) in [7, 11) is 2.15. The van der Waals surface area contributed by atoms with E-state index in [1.54, 1.807) is 6.20 Å². The molecule has 1 N–H and O–H groups in total. The maximum atomic E-state index is 5.97. The molecule has 0 unspecified atom stereocenters. The Balaban J connectivity index is 1.55. The quantitative estimate of drug-likeness (QED) is 0.919. The molecule has 3 heterocycles. The molecule has 1 fully saturated rings. The number of aromatic nitrogens is 2. The van der Waals surface area contributed by atoms with E-state index in [1.165, 1.54) is 0 Å². The molecule has 2 aromatic heterocycles. The van der Waals surface area contributed by atoms with E-state index in [9.17, 15) is 0 Å². The first-order valence-electron chi connectivity index (χ1n) is 8.18. The summed E-state index contributed by atoms with van der Waals surface area (Å²) in [6, 6.07) is 8.16. The van der Waals surface area contributed by atoms with Gasteiger partial charge in [-0.3, -0.25) is 4.98 Å². The smallest absolute Gasteiger partial charge is 0.213 e. The lowest BCUT2D eigenvalue weighted by molar-refractivity contribution is 0.110. The second kappa shape index (κ2) is 7.42. The van der Waals surface area contributed by atoms with Gasteiger partial charge in [0.2, 0.25) is 5.88 Å². The molecule has 122 valence electrons. The van der Waals surface area contributed by atoms with Crippen LogP contribution in [0.4, 0.5) is 5.69 Å². The van der Waals surface area contributed by atoms with Crippen LogP contribution in [0.3, 0.4) is 0 Å². The first-order chi connectivity index (χ1) is 11.2. The summed E-state index contributed by atoms with van der Waals surface area (Å²) >= 11 is 0. The van der Waals surface area contributed by atoms with Gasteiger partial charge in [0.15, 0.2) is 0 Å². The van der Waals surface area contributed by atoms with Gasteiger partial charge in [0.1, 0.15) is 6.10 Å². The predicted octanol–water partition coefficient (Wildman–Crippen LogP) is 3.12. The van der Waals surface area contributed by atoms with E-state index >= 15 is 0 Å². The normalized spacial score (nSPS) is 17.7. The topological polar surface area (TPSA) is 50.3 Å². The number of nitrogens with one attached hydrogen (secondary N) is 1. The Morgan fingerprint density at radius 3 is 2.70 bits per heavy atom. The summed E-state index contributed by atoms with van der Waals surface area (Å²) in [4.78, 5) is 10.9. The highest BCUT2D eigenvalue weighted by atomic mass is 16.5. The van der Waals surface area contributed by atoms with Crippen molar-refractivity contribution < 1.29 is 4.74 Å². The van der Waals surface area contributed by atoms with Gasteiger partial charge < -0.3 is 15.0 Å². The standard InChI is InChI=1S/C18H24N4O/c1-14(15-4-3-9-19-12-15)21-16-5-6-18(20-13-16)23-17-7-10-22(2)11-8-17/h3-6,9,12-14,17,21H,7-8,10-11H2,1-2H3/t14-/m1/s1. The molecular weight excluding hydrogens is 288 g/mol. The van der Waals surface area contributed by atoms with Crippen molar-refractivity contribution in [1.82, 2.24) is 14.9 Å². The van der Waals surface area contributed by atoms with E-state index < -0.39 is 0 Å². The fraction of sp³-hybridized carbons (Fsp3) is 0.444. The third-order valence-electron chi connectivity index (χ3n) is 4.26. The number of ether oxygens (including phenoxy) is 1. The monoisotopic (exact) mass is 312 g/mol. The molecule has 0 amide bonds. The number of likely N-dealkylation sites (tertiary alicyclic amines) is 1. The summed E-state index contributed by atoms with van der Waals surface area (Å²) in [5.41, 5.74) is 2.14. The summed E-state index contributed by atoms with van der Waals surface area (Å²) in [6.45, 7) is 4.29. The third-order valence-corrected chi connectivity index (χ3v) is 4.26. The van der Waals surface area contributed by atoms with Gasteiger partial charge in [-0.05, 0) is 44.5 Å². The molecule has 0 saturated carbocycles. The molecule has 1 saturated heterocycles. The van der Waals surface area contributed by atoms with Crippen molar-refractivity contribution >= 4 is 5.69 Å². The Morgan fingerprint density at radius 2 is 2.04 bits per heavy atom. The second-order valence-electron chi connectivity index (χ2n) is 6.16. The maximum Gasteiger partial charge on any atom is 0.213 e. The Morgan fingerprint density at radius 1 is 1.22 bits per heavy atom. The van der Waals surface area contributed by atoms with Gasteiger partial charge >= 0.3 is 0 Å². The Kier molecular flexibility index (Phi) is 5.08. The van der Waals surface area contributed by atoms with Gasteiger partial charge in [0.25, 0.3) is 0 Å². The molecule has 0 spiro atoms. The van der Waals surface area contributed by atoms with Crippen LogP contribution in [0.25, 0.3) is 0 Å². The molecule has 1 aliphatic rings. The van der Waals surface area contributed by atoms with Gasteiger partial charge in [0, 0.05) is 31.5 Å². The van der Waals surface area contributed by atoms with E-state index in [1.807, 2.05) is 30.6 Å². The summed E-state index contributed by atoms with van der Waals surface area (Å²) in [5.74, 6) is 0.708. The number of rotatable bonds is 5. The first-order valence-corrected chi connectivity index (χ1v) is 8.18. The third kappa shape index (κ3) is 4.42. The van der Waals surface area contributed by atoms with Crippen molar-refractivity contribution in [2.45, 2.75) is 31.9 Å². The van der Waals surface area contributed by atoms with Crippen LogP contribution in [-0.2, 0) is 0 Å². The largest absolute Gasteiger partial charge is 0.474 e. The second-order valence-corrected chi connectivity index (χ2v) is 6.16. The van der Waals surface area contributed by atoms with Crippen molar-refractivity contribution in [3.05, 3.63) is 48.4 Å². The van der Waals surface area contributed by atoms with E-state index in [0.717, 1.165) is 37.2 Å². The number of hydrogen-bond donors (Lipinski definition) is 1. The lowest BCUT2D eigenvalue weighted by Crippen LogP contribution is -2.35. The number of anilines is 1. The summed E-state index contributed by atoms with van der Waals surface area (Å²) < 4.78 is 5.97. The highest BCUT2D eigenvalue weighted by Crippen LogP contribution is 2.21. The van der Waals surface area contributed by atoms with Crippen LogP contribution in [0, 0.1) is 0 Å². The molecule has 3 rings (SSSR count). The zero-order valence-electron chi connectivity index (χ0n) is 13.8. The Bertz CT molecular complexity index is 594. The van der Waals surface area contributed by atoms with Crippen LogP contribution in [0.15, 0.2) is 42.9 Å². The van der Waals surface area contributed by atoms with Crippen molar-refractivity contribution in [3.63, 3.8) is 0 Å². The van der Waals surface area contributed by atoms with E-state index in [-0.39, 0.29) is 12.1 Å². The lowest BCUT2D eigenvalue weighted by Gasteiger charge is -2.28. The van der Waals surface area contributed by atoms with Gasteiger partial charge in [-0.1, -0.05) is 6.07 Å². The molecule has 5 heteroatoms. The van der Waals surface area contributed by atoms with Crippen molar-refractivity contribution in [1.29, 1.82) is 0 Å². The molecule has 0 radical (unpaired) electrons. The minimum atomic E-state index is 0.186. The van der Waals surface area contributed by atoms with Crippen molar-refractivity contribution in [2.75, 3.05) is 25.5 Å². The number of piperidine rings is 1. The van der Waals surface area contributed by atoms with Crippen LogP contribution in [0.1, 0.15) is 31.4 Å². The number of hydrogen-bond acceptors (Lipinski definition) is 5. The van der Waals surface area contributed by atoms with Crippen LogP contribution in [-0.4, -0.2) is 41.1 Å². The van der Waals surface area contributed by atoms with E-state index in [0.29, 0.717) is 5.88 Å². The fourth-order valence-electron chi connectivity index (χ4n) is 2.77. The van der Waals surface area contributed by atoms with Crippen LogP contribution in [0.2, 0.25) is 0 Å². The average Bonchev–Trinajstić information content (AvgIpc) is 2.59. The lowest BCUT2D eigenvalue weighted by atomic mass is 10.1. The zero-order chi connectivity index (χ0) is 16.1. The Labute approximate surface area is 137 Å². The Hall–Kier alpha value is -2.14. The molecular formula is C18H24N4O. The molecule has 23 heavy (non-hydrogen) atoms. The number of pyridine rings is 2. The number of nitrogens with zero attached hydrogens (tertiary/aromatic N) is 3. The van der Waals surface area contributed by atoms with Crippen molar-refractivity contribution in [3.8, 4) is 5.88 Å². The molecule has 1 atom stereocenters. The van der Waals surface area contributed by atoms with Gasteiger partial charge in [-0.2, -0.15) is 0 Å². The van der Waals surface area contributed by atoms with Crippen LogP contribution in [0.5, 0.6) is 5.88 Å². The molecule has 0 aliphatic carbocycles. The van der Waals surface area contributed by atoms with Crippen LogP contribution < -0.4 is 10.1 Å². The van der Waals surface area contributed by atoms with Crippen molar-refractivity contribution in [2.24, 2.45) is 0 Å². The van der Waals surface area contributed by atoms with E-state index in [4.69, 9.17) is 4.74 Å². The minimum Gasteiger partial charge on any atom is -0.474 e. The summed E-state index contributed by atoms with van der Waals surface area (Å²) in [5, 5.41) is 3.43. The zero-order valence-corrected chi connectivity index (χ0v) is 13.8. The molecule has 2 aromatic rings. The highest BCUT2D eigenvalue weighted by Gasteiger charge is 2.18. The van der Waals surface area contributed by atoms with Gasteiger partial charge in [-0.25, -0.2) is 4.98 Å². The predicted molar refractivity (Wildman–Crippen MR) is 91.7 cm³/mol. The van der Waals surface area contributed by atoms with Gasteiger partial charge in [0.05, 0.1) is 17.9 Å². The SMILES string of the molecule is C[C@@H](Nc1ccc(OC2CCN(C)CC2)nc1)c1cccnc1. The van der Waals surface area contributed by atoms with Gasteiger partial charge in [-0.15, -0.1) is 0 Å². The molecule has 0 bridgehead atoms. The maximum absolute atomic E-state index is 5.97. The molecule has 0 aromatic carbocycles. The average molecular weight is 312 g/mol. The first kappa shape index (κ1) is 15.7. The minimum absolute atomic E-state index is 0.186. The molecule has 5 nitrogen and oxygen atoms in total. The fourth-order valence-corrected chi connectivity index (χ4v) is 2.77. The van der Waals surface area contributed by atoms with Crippen LogP contribution >= 0.6 is 0 Å². The van der Waals surface area contributed by atoms with E-state index in [2.05, 4.69) is 40.2 Å². The highest BCUT2D eigenvalue weighted by molar-refractivity contribution is 5.44.